The van der Waals surface area contributed by atoms with Crippen LogP contribution in [0.25, 0.3) is 5.82 Å². The minimum Gasteiger partial charge on any atom is -0.388 e. The maximum absolute atomic E-state index is 12.6. The number of nitrogens with zero attached hydrogens (tertiary/aromatic N) is 2. The number of rotatable bonds is 4. The van der Waals surface area contributed by atoms with Crippen LogP contribution >= 0.6 is 0 Å². The fourth-order valence-electron chi connectivity index (χ4n) is 3.53. The Hall–Kier alpha value is -2.08. The quantitative estimate of drug-likeness (QED) is 0.903. The Labute approximate surface area is 141 Å². The molecule has 1 saturated carbocycles. The summed E-state index contributed by atoms with van der Waals surface area (Å²) < 4.78 is 7.04. The molecule has 0 atom stereocenters. The van der Waals surface area contributed by atoms with Gasteiger partial charge in [0.25, 0.3) is 5.91 Å². The Morgan fingerprint density at radius 1 is 1.29 bits per heavy atom. The first-order valence-corrected chi connectivity index (χ1v) is 8.53. The first-order valence-electron chi connectivity index (χ1n) is 8.53. The second kappa shape index (κ2) is 6.43. The van der Waals surface area contributed by atoms with E-state index in [0.717, 1.165) is 49.3 Å². The van der Waals surface area contributed by atoms with E-state index in [4.69, 9.17) is 4.52 Å². The maximum atomic E-state index is 12.6. The molecule has 3 rings (SSSR count). The highest BCUT2D eigenvalue weighted by molar-refractivity contribution is 5.95. The molecular formula is C18H25N3O3. The van der Waals surface area contributed by atoms with Crippen molar-refractivity contribution in [2.24, 2.45) is 0 Å². The van der Waals surface area contributed by atoms with E-state index < -0.39 is 5.60 Å². The predicted molar refractivity (Wildman–Crippen MR) is 90.4 cm³/mol. The van der Waals surface area contributed by atoms with Crippen LogP contribution in [0.5, 0.6) is 0 Å². The Bertz CT molecular complexity index is 739. The summed E-state index contributed by atoms with van der Waals surface area (Å²) in [6.07, 6.45) is 4.71. The molecule has 130 valence electrons. The van der Waals surface area contributed by atoms with E-state index in [1.165, 1.54) is 0 Å². The minimum absolute atomic E-state index is 0.159. The van der Waals surface area contributed by atoms with Gasteiger partial charge in [0, 0.05) is 24.0 Å². The Morgan fingerprint density at radius 2 is 2.00 bits per heavy atom. The van der Waals surface area contributed by atoms with E-state index in [-0.39, 0.29) is 5.91 Å². The Morgan fingerprint density at radius 3 is 2.62 bits per heavy atom. The lowest BCUT2D eigenvalue weighted by atomic mass is 9.85. The van der Waals surface area contributed by atoms with Crippen molar-refractivity contribution in [3.63, 3.8) is 0 Å². The van der Waals surface area contributed by atoms with Gasteiger partial charge >= 0.3 is 0 Å². The van der Waals surface area contributed by atoms with Gasteiger partial charge in [-0.1, -0.05) is 24.4 Å². The molecule has 6 heteroatoms. The van der Waals surface area contributed by atoms with Gasteiger partial charge in [0.15, 0.2) is 5.82 Å². The largest absolute Gasteiger partial charge is 0.388 e. The topological polar surface area (TPSA) is 80.3 Å². The number of aryl methyl sites for hydroxylation is 2. The molecule has 2 heterocycles. The number of hydrogen-bond acceptors (Lipinski definition) is 4. The summed E-state index contributed by atoms with van der Waals surface area (Å²) >= 11 is 0. The molecule has 24 heavy (non-hydrogen) atoms. The van der Waals surface area contributed by atoms with E-state index >= 15 is 0 Å². The molecule has 2 N–H and O–H groups in total. The van der Waals surface area contributed by atoms with E-state index in [1.54, 1.807) is 0 Å². The van der Waals surface area contributed by atoms with Crippen LogP contribution in [-0.2, 0) is 0 Å². The molecule has 1 amide bonds. The number of aromatic nitrogens is 2. The molecule has 1 fully saturated rings. The van der Waals surface area contributed by atoms with Crippen molar-refractivity contribution in [2.45, 2.75) is 58.5 Å². The number of carbonyl (C=O) groups is 1. The molecule has 6 nitrogen and oxygen atoms in total. The van der Waals surface area contributed by atoms with Crippen LogP contribution in [0.15, 0.2) is 16.7 Å². The summed E-state index contributed by atoms with van der Waals surface area (Å²) in [6, 6.07) is 3.69. The molecule has 2 aromatic heterocycles. The molecule has 1 aliphatic carbocycles. The van der Waals surface area contributed by atoms with E-state index in [0.29, 0.717) is 17.9 Å². The smallest absolute Gasteiger partial charge is 0.253 e. The van der Waals surface area contributed by atoms with Gasteiger partial charge in [0.05, 0.1) is 11.2 Å². The lowest BCUT2D eigenvalue weighted by molar-refractivity contribution is 0.00525. The number of carbonyl (C=O) groups excluding carboxylic acids is 1. The maximum Gasteiger partial charge on any atom is 0.253 e. The minimum atomic E-state index is -0.761. The van der Waals surface area contributed by atoms with Crippen molar-refractivity contribution in [3.8, 4) is 5.82 Å². The average molecular weight is 331 g/mol. The summed E-state index contributed by atoms with van der Waals surface area (Å²) in [7, 11) is 0. The van der Waals surface area contributed by atoms with Gasteiger partial charge in [0.1, 0.15) is 5.76 Å². The van der Waals surface area contributed by atoms with Crippen molar-refractivity contribution < 1.29 is 14.4 Å². The van der Waals surface area contributed by atoms with Crippen LogP contribution in [0.2, 0.25) is 0 Å². The molecule has 0 saturated heterocycles. The van der Waals surface area contributed by atoms with Gasteiger partial charge < -0.3 is 14.9 Å². The summed E-state index contributed by atoms with van der Waals surface area (Å²) in [5.41, 5.74) is 1.58. The third-order valence-electron chi connectivity index (χ3n) is 4.88. The molecule has 0 bridgehead atoms. The number of aliphatic hydroxyl groups is 1. The lowest BCUT2D eigenvalue weighted by Crippen LogP contribution is -2.44. The van der Waals surface area contributed by atoms with E-state index in [1.807, 2.05) is 37.5 Å². The fraction of sp³-hybridized carbons (Fsp3) is 0.556. The van der Waals surface area contributed by atoms with Gasteiger partial charge in [-0.25, -0.2) is 0 Å². The summed E-state index contributed by atoms with van der Waals surface area (Å²) in [5, 5.41) is 17.5. The summed E-state index contributed by atoms with van der Waals surface area (Å²) in [6.45, 7) is 5.96. The average Bonchev–Trinajstić information content (AvgIpc) is 3.09. The van der Waals surface area contributed by atoms with E-state index in [9.17, 15) is 9.90 Å². The zero-order valence-corrected chi connectivity index (χ0v) is 14.6. The lowest BCUT2D eigenvalue weighted by Gasteiger charge is -2.32. The molecule has 1 aliphatic rings. The third kappa shape index (κ3) is 3.24. The van der Waals surface area contributed by atoms with Crippen LogP contribution < -0.4 is 5.32 Å². The highest BCUT2D eigenvalue weighted by Gasteiger charge is 2.30. The Balaban J connectivity index is 1.76. The van der Waals surface area contributed by atoms with Crippen molar-refractivity contribution in [1.29, 1.82) is 0 Å². The first-order chi connectivity index (χ1) is 11.4. The zero-order chi connectivity index (χ0) is 17.3. The van der Waals surface area contributed by atoms with Crippen molar-refractivity contribution >= 4 is 5.91 Å². The SMILES string of the molecule is Cc1cc(-n2c(C)cc(C(=O)NCC3(O)CCCCC3)c2C)no1. The fourth-order valence-corrected chi connectivity index (χ4v) is 3.53. The standard InChI is InChI=1S/C18H25N3O3/c1-12-9-15(14(3)21(12)16-10-13(2)24-20-16)17(22)19-11-18(23)7-5-4-6-8-18/h9-10,23H,4-8,11H2,1-3H3,(H,19,22). The highest BCUT2D eigenvalue weighted by Crippen LogP contribution is 2.27. The van der Waals surface area contributed by atoms with Crippen LogP contribution in [0.1, 0.15) is 59.6 Å². The molecule has 0 radical (unpaired) electrons. The molecule has 0 spiro atoms. The molecule has 0 aliphatic heterocycles. The third-order valence-corrected chi connectivity index (χ3v) is 4.88. The van der Waals surface area contributed by atoms with Crippen molar-refractivity contribution in [1.82, 2.24) is 15.0 Å². The van der Waals surface area contributed by atoms with Gasteiger partial charge in [-0.3, -0.25) is 9.36 Å². The van der Waals surface area contributed by atoms with Crippen LogP contribution in [0.3, 0.4) is 0 Å². The second-order valence-corrected chi connectivity index (χ2v) is 6.88. The van der Waals surface area contributed by atoms with Crippen molar-refractivity contribution in [3.05, 3.63) is 34.8 Å². The van der Waals surface area contributed by atoms with E-state index in [2.05, 4.69) is 10.5 Å². The summed E-state index contributed by atoms with van der Waals surface area (Å²) in [4.78, 5) is 12.6. The van der Waals surface area contributed by atoms with Gasteiger partial charge in [-0.15, -0.1) is 0 Å². The molecule has 2 aromatic rings. The normalized spacial score (nSPS) is 17.0. The number of hydrogen-bond donors (Lipinski definition) is 2. The zero-order valence-electron chi connectivity index (χ0n) is 14.6. The number of nitrogens with one attached hydrogen (secondary N) is 1. The van der Waals surface area contributed by atoms with Crippen molar-refractivity contribution in [2.75, 3.05) is 6.54 Å². The first kappa shape index (κ1) is 16.8. The van der Waals surface area contributed by atoms with Crippen LogP contribution in [0.4, 0.5) is 0 Å². The van der Waals surface area contributed by atoms with Crippen LogP contribution in [-0.4, -0.2) is 32.9 Å². The monoisotopic (exact) mass is 331 g/mol. The Kier molecular flexibility index (Phi) is 4.49. The second-order valence-electron chi connectivity index (χ2n) is 6.88. The van der Waals surface area contributed by atoms with Gasteiger partial charge in [-0.2, -0.15) is 0 Å². The molecule has 0 unspecified atom stereocenters. The molecular weight excluding hydrogens is 306 g/mol. The summed E-state index contributed by atoms with van der Waals surface area (Å²) in [5.74, 6) is 1.24. The predicted octanol–water partition coefficient (Wildman–Crippen LogP) is 2.82. The van der Waals surface area contributed by atoms with Gasteiger partial charge in [-0.05, 0) is 39.7 Å². The molecule has 0 aromatic carbocycles. The highest BCUT2D eigenvalue weighted by atomic mass is 16.5. The van der Waals surface area contributed by atoms with Crippen LogP contribution in [0, 0.1) is 20.8 Å². The van der Waals surface area contributed by atoms with Gasteiger partial charge in [0.2, 0.25) is 0 Å². The number of amides is 1.